The lowest BCUT2D eigenvalue weighted by Gasteiger charge is -2.04. The number of hydrogen-bond donors (Lipinski definition) is 2. The van der Waals surface area contributed by atoms with Crippen molar-refractivity contribution in [3.63, 3.8) is 0 Å². The maximum Gasteiger partial charge on any atom is 0.337 e. The third-order valence-electron chi connectivity index (χ3n) is 3.49. The Kier molecular flexibility index (Phi) is 4.24. The number of hydrogen-bond acceptors (Lipinski definition) is 6. The number of methoxy groups -OCH3 is 1. The van der Waals surface area contributed by atoms with Gasteiger partial charge < -0.3 is 15.4 Å². The fraction of sp³-hybridized carbons (Fsp3) is 0.400. The molecule has 2 aromatic rings. The summed E-state index contributed by atoms with van der Waals surface area (Å²) in [6, 6.07) is 5.20. The van der Waals surface area contributed by atoms with Crippen molar-refractivity contribution in [1.29, 1.82) is 0 Å². The molecule has 0 spiro atoms. The molecule has 0 aliphatic heterocycles. The predicted octanol–water partition coefficient (Wildman–Crippen LogP) is 2.02. The molecule has 1 aliphatic carbocycles. The molecular weight excluding hydrogens is 302 g/mol. The molecule has 1 aromatic heterocycles. The van der Waals surface area contributed by atoms with Crippen LogP contribution in [0.15, 0.2) is 18.2 Å². The molecule has 0 bridgehead atoms. The lowest BCUT2D eigenvalue weighted by Crippen LogP contribution is -2.31. The van der Waals surface area contributed by atoms with Gasteiger partial charge in [-0.1, -0.05) is 11.3 Å². The van der Waals surface area contributed by atoms with Crippen molar-refractivity contribution in [2.75, 3.05) is 25.5 Å². The van der Waals surface area contributed by atoms with Crippen molar-refractivity contribution < 1.29 is 14.3 Å². The van der Waals surface area contributed by atoms with Crippen molar-refractivity contribution in [1.82, 2.24) is 10.3 Å². The smallest absolute Gasteiger partial charge is 0.337 e. The first-order valence-corrected chi connectivity index (χ1v) is 7.97. The van der Waals surface area contributed by atoms with Crippen LogP contribution in [-0.4, -0.2) is 37.1 Å². The third-order valence-corrected chi connectivity index (χ3v) is 4.47. The molecule has 116 valence electrons. The standard InChI is InChI=1S/C15H17N3O3S/c1-21-14(20)10-4-5-11-12(6-10)22-15(18-11)17-8-13(19)16-7-9-2-3-9/h4-6,9H,2-3,7-8H2,1H3,(H,16,19)(H,17,18). The predicted molar refractivity (Wildman–Crippen MR) is 85.2 cm³/mol. The molecule has 0 saturated heterocycles. The van der Waals surface area contributed by atoms with E-state index in [9.17, 15) is 9.59 Å². The van der Waals surface area contributed by atoms with E-state index in [2.05, 4.69) is 15.6 Å². The number of esters is 1. The van der Waals surface area contributed by atoms with Crippen molar-refractivity contribution in [3.05, 3.63) is 23.8 Å². The molecule has 1 saturated carbocycles. The molecule has 7 heteroatoms. The average Bonchev–Trinajstić information content (AvgIpc) is 3.27. The molecule has 1 aromatic carbocycles. The summed E-state index contributed by atoms with van der Waals surface area (Å²) in [5, 5.41) is 6.58. The van der Waals surface area contributed by atoms with Gasteiger partial charge in [0.15, 0.2) is 5.13 Å². The Balaban J connectivity index is 1.61. The Labute approximate surface area is 131 Å². The first-order chi connectivity index (χ1) is 10.7. The number of carbonyl (C=O) groups excluding carboxylic acids is 2. The zero-order valence-electron chi connectivity index (χ0n) is 12.2. The molecular formula is C15H17N3O3S. The minimum Gasteiger partial charge on any atom is -0.465 e. The number of aromatic nitrogens is 1. The number of nitrogens with zero attached hydrogens (tertiary/aromatic N) is 1. The van der Waals surface area contributed by atoms with Crippen LogP contribution in [0.1, 0.15) is 23.2 Å². The minimum absolute atomic E-state index is 0.0265. The van der Waals surface area contributed by atoms with Gasteiger partial charge in [-0.15, -0.1) is 0 Å². The van der Waals surface area contributed by atoms with E-state index in [1.165, 1.54) is 31.3 Å². The third kappa shape index (κ3) is 3.54. The van der Waals surface area contributed by atoms with Crippen LogP contribution >= 0.6 is 11.3 Å². The van der Waals surface area contributed by atoms with Crippen LogP contribution in [0.25, 0.3) is 10.2 Å². The summed E-state index contributed by atoms with van der Waals surface area (Å²) in [7, 11) is 1.35. The SMILES string of the molecule is COC(=O)c1ccc2nc(NCC(=O)NCC3CC3)sc2c1. The van der Waals surface area contributed by atoms with Gasteiger partial charge in [0.05, 0.1) is 29.4 Å². The maximum absolute atomic E-state index is 11.7. The Morgan fingerprint density at radius 2 is 2.23 bits per heavy atom. The maximum atomic E-state index is 11.7. The zero-order chi connectivity index (χ0) is 15.5. The summed E-state index contributed by atoms with van der Waals surface area (Å²) < 4.78 is 5.58. The number of fused-ring (bicyclic) bond motifs is 1. The highest BCUT2D eigenvalue weighted by atomic mass is 32.1. The fourth-order valence-corrected chi connectivity index (χ4v) is 2.94. The molecule has 22 heavy (non-hydrogen) atoms. The molecule has 0 radical (unpaired) electrons. The van der Waals surface area contributed by atoms with Gasteiger partial charge in [0.1, 0.15) is 0 Å². The van der Waals surface area contributed by atoms with Crippen molar-refractivity contribution in [2.45, 2.75) is 12.8 Å². The number of rotatable bonds is 6. The van der Waals surface area contributed by atoms with Crippen LogP contribution in [-0.2, 0) is 9.53 Å². The Hall–Kier alpha value is -2.15. The van der Waals surface area contributed by atoms with Crippen molar-refractivity contribution >= 4 is 38.6 Å². The van der Waals surface area contributed by atoms with Gasteiger partial charge >= 0.3 is 5.97 Å². The number of amides is 1. The van der Waals surface area contributed by atoms with Gasteiger partial charge in [-0.05, 0) is 37.0 Å². The van der Waals surface area contributed by atoms with Crippen LogP contribution < -0.4 is 10.6 Å². The minimum atomic E-state index is -0.371. The molecule has 0 atom stereocenters. The Morgan fingerprint density at radius 1 is 1.41 bits per heavy atom. The van der Waals surface area contributed by atoms with Crippen LogP contribution in [0.4, 0.5) is 5.13 Å². The van der Waals surface area contributed by atoms with E-state index in [-0.39, 0.29) is 18.4 Å². The Morgan fingerprint density at radius 3 is 2.95 bits per heavy atom. The summed E-state index contributed by atoms with van der Waals surface area (Å²) in [6.07, 6.45) is 2.43. The second kappa shape index (κ2) is 6.31. The molecule has 6 nitrogen and oxygen atoms in total. The second-order valence-corrected chi connectivity index (χ2v) is 6.32. The number of benzene rings is 1. The number of carbonyl (C=O) groups is 2. The summed E-state index contributed by atoms with van der Waals surface area (Å²) in [5.74, 6) is 0.272. The van der Waals surface area contributed by atoms with E-state index in [0.29, 0.717) is 16.6 Å². The summed E-state index contributed by atoms with van der Waals surface area (Å²) in [6.45, 7) is 0.971. The van der Waals surface area contributed by atoms with Gasteiger partial charge in [0, 0.05) is 6.54 Å². The molecule has 1 amide bonds. The summed E-state index contributed by atoms with van der Waals surface area (Å²) in [5.41, 5.74) is 1.28. The number of thiazole rings is 1. The highest BCUT2D eigenvalue weighted by molar-refractivity contribution is 7.22. The topological polar surface area (TPSA) is 80.3 Å². The second-order valence-electron chi connectivity index (χ2n) is 5.29. The van der Waals surface area contributed by atoms with E-state index in [4.69, 9.17) is 4.74 Å². The molecule has 2 N–H and O–H groups in total. The van der Waals surface area contributed by atoms with E-state index in [1.54, 1.807) is 18.2 Å². The van der Waals surface area contributed by atoms with Crippen molar-refractivity contribution in [2.24, 2.45) is 5.92 Å². The van der Waals surface area contributed by atoms with Crippen LogP contribution in [0.2, 0.25) is 0 Å². The van der Waals surface area contributed by atoms with Crippen LogP contribution in [0, 0.1) is 5.92 Å². The quantitative estimate of drug-likeness (QED) is 0.796. The molecule has 3 rings (SSSR count). The normalized spacial score (nSPS) is 13.9. The van der Waals surface area contributed by atoms with E-state index in [1.807, 2.05) is 0 Å². The molecule has 1 heterocycles. The van der Waals surface area contributed by atoms with Gasteiger partial charge in [-0.2, -0.15) is 0 Å². The zero-order valence-corrected chi connectivity index (χ0v) is 13.0. The number of anilines is 1. The van der Waals surface area contributed by atoms with Crippen LogP contribution in [0.5, 0.6) is 0 Å². The van der Waals surface area contributed by atoms with E-state index < -0.39 is 0 Å². The molecule has 1 aliphatic rings. The summed E-state index contributed by atoms with van der Waals surface area (Å²) in [4.78, 5) is 27.6. The largest absolute Gasteiger partial charge is 0.465 e. The van der Waals surface area contributed by atoms with Gasteiger partial charge in [-0.25, -0.2) is 9.78 Å². The van der Waals surface area contributed by atoms with Gasteiger partial charge in [0.2, 0.25) is 5.91 Å². The average molecular weight is 319 g/mol. The number of ether oxygens (including phenoxy) is 1. The highest BCUT2D eigenvalue weighted by Crippen LogP contribution is 2.28. The van der Waals surface area contributed by atoms with Crippen LogP contribution in [0.3, 0.4) is 0 Å². The lowest BCUT2D eigenvalue weighted by atomic mass is 10.2. The monoisotopic (exact) mass is 319 g/mol. The van der Waals surface area contributed by atoms with E-state index >= 15 is 0 Å². The first-order valence-electron chi connectivity index (χ1n) is 7.15. The Bertz CT molecular complexity index is 709. The van der Waals surface area contributed by atoms with Gasteiger partial charge in [-0.3, -0.25) is 4.79 Å². The van der Waals surface area contributed by atoms with Crippen molar-refractivity contribution in [3.8, 4) is 0 Å². The highest BCUT2D eigenvalue weighted by Gasteiger charge is 2.21. The lowest BCUT2D eigenvalue weighted by molar-refractivity contribution is -0.119. The fourth-order valence-electron chi connectivity index (χ4n) is 2.04. The first kappa shape index (κ1) is 14.8. The number of nitrogens with one attached hydrogen (secondary N) is 2. The van der Waals surface area contributed by atoms with E-state index in [0.717, 1.165) is 16.8 Å². The molecule has 1 fully saturated rings. The van der Waals surface area contributed by atoms with Gasteiger partial charge in [0.25, 0.3) is 0 Å². The molecule has 0 unspecified atom stereocenters. The summed E-state index contributed by atoms with van der Waals surface area (Å²) >= 11 is 1.41.